The van der Waals surface area contributed by atoms with Crippen LogP contribution < -0.4 is 5.32 Å². The fourth-order valence-electron chi connectivity index (χ4n) is 1.61. The van der Waals surface area contributed by atoms with E-state index in [0.717, 1.165) is 24.2 Å². The van der Waals surface area contributed by atoms with Gasteiger partial charge in [0.15, 0.2) is 0 Å². The Bertz CT molecular complexity index is 537. The van der Waals surface area contributed by atoms with E-state index in [9.17, 15) is 0 Å². The number of hydrogen-bond donors (Lipinski definition) is 1. The third kappa shape index (κ3) is 3.31. The minimum atomic E-state index is 0.467. The maximum Gasteiger partial charge on any atom is 0.0925 e. The third-order valence-electron chi connectivity index (χ3n) is 2.61. The summed E-state index contributed by atoms with van der Waals surface area (Å²) < 4.78 is 0. The van der Waals surface area contributed by atoms with Crippen LogP contribution in [-0.2, 0) is 19.4 Å². The van der Waals surface area contributed by atoms with Crippen molar-refractivity contribution in [1.29, 1.82) is 5.26 Å². The second kappa shape index (κ2) is 6.18. The molecular weight excluding hydrogens is 242 g/mol. The first-order chi connectivity index (χ1) is 8.81. The first-order valence-corrected chi connectivity index (χ1v) is 6.77. The van der Waals surface area contributed by atoms with E-state index in [1.807, 2.05) is 30.5 Å². The van der Waals surface area contributed by atoms with Crippen molar-refractivity contribution >= 4 is 17.0 Å². The molecule has 0 aliphatic heterocycles. The van der Waals surface area contributed by atoms with Crippen LogP contribution in [0.2, 0.25) is 0 Å². The maximum atomic E-state index is 8.60. The molecule has 1 N–H and O–H groups in total. The summed E-state index contributed by atoms with van der Waals surface area (Å²) in [5.41, 5.74) is 2.12. The monoisotopic (exact) mass is 257 g/mol. The Labute approximate surface area is 111 Å². The SMILES string of the molecule is CCc1ncc(CNc2ccc(CC#N)cc2)s1. The fraction of sp³-hybridized carbons (Fsp3) is 0.286. The molecule has 0 bridgehead atoms. The Morgan fingerprint density at radius 3 is 2.72 bits per heavy atom. The quantitative estimate of drug-likeness (QED) is 0.893. The van der Waals surface area contributed by atoms with Gasteiger partial charge in [-0.25, -0.2) is 4.98 Å². The smallest absolute Gasteiger partial charge is 0.0925 e. The van der Waals surface area contributed by atoms with Crippen LogP contribution in [0.3, 0.4) is 0 Å². The van der Waals surface area contributed by atoms with Gasteiger partial charge in [0.05, 0.1) is 24.0 Å². The van der Waals surface area contributed by atoms with E-state index >= 15 is 0 Å². The Kier molecular flexibility index (Phi) is 4.32. The molecule has 1 aromatic carbocycles. The molecule has 0 saturated carbocycles. The highest BCUT2D eigenvalue weighted by molar-refractivity contribution is 7.11. The standard InChI is InChI=1S/C14H15N3S/c1-2-14-17-10-13(18-14)9-16-12-5-3-11(4-6-12)7-8-15/h3-6,10,16H,2,7,9H2,1H3. The topological polar surface area (TPSA) is 48.7 Å². The normalized spacial score (nSPS) is 10.0. The number of benzene rings is 1. The van der Waals surface area contributed by atoms with Crippen molar-refractivity contribution in [2.45, 2.75) is 26.3 Å². The zero-order valence-electron chi connectivity index (χ0n) is 10.3. The third-order valence-corrected chi connectivity index (χ3v) is 3.75. The molecule has 0 atom stereocenters. The summed E-state index contributed by atoms with van der Waals surface area (Å²) in [4.78, 5) is 5.57. The van der Waals surface area contributed by atoms with E-state index in [0.29, 0.717) is 6.42 Å². The molecule has 0 fully saturated rings. The predicted octanol–water partition coefficient (Wildman–Crippen LogP) is 3.38. The number of rotatable bonds is 5. The lowest BCUT2D eigenvalue weighted by Crippen LogP contribution is -1.97. The Balaban J connectivity index is 1.91. The van der Waals surface area contributed by atoms with Crippen LogP contribution in [0.4, 0.5) is 5.69 Å². The molecule has 2 aromatic rings. The summed E-state index contributed by atoms with van der Waals surface area (Å²) >= 11 is 1.75. The van der Waals surface area contributed by atoms with E-state index in [1.54, 1.807) is 11.3 Å². The van der Waals surface area contributed by atoms with Gasteiger partial charge in [0.2, 0.25) is 0 Å². The Hall–Kier alpha value is -1.86. The molecule has 92 valence electrons. The minimum Gasteiger partial charge on any atom is -0.380 e. The molecule has 3 nitrogen and oxygen atoms in total. The van der Waals surface area contributed by atoms with Crippen molar-refractivity contribution in [3.63, 3.8) is 0 Å². The number of nitrogens with zero attached hydrogens (tertiary/aromatic N) is 2. The van der Waals surface area contributed by atoms with Gasteiger partial charge in [0.1, 0.15) is 0 Å². The lowest BCUT2D eigenvalue weighted by molar-refractivity contribution is 1.09. The summed E-state index contributed by atoms with van der Waals surface area (Å²) in [7, 11) is 0. The van der Waals surface area contributed by atoms with E-state index in [1.165, 1.54) is 9.88 Å². The van der Waals surface area contributed by atoms with Crippen molar-refractivity contribution < 1.29 is 0 Å². The molecule has 1 heterocycles. The predicted molar refractivity (Wildman–Crippen MR) is 74.6 cm³/mol. The molecule has 0 unspecified atom stereocenters. The molecular formula is C14H15N3S. The van der Waals surface area contributed by atoms with Gasteiger partial charge in [-0.05, 0) is 24.1 Å². The second-order valence-corrected chi connectivity index (χ2v) is 5.16. The van der Waals surface area contributed by atoms with Crippen LogP contribution in [-0.4, -0.2) is 4.98 Å². The summed E-state index contributed by atoms with van der Waals surface area (Å²) in [6.45, 7) is 2.92. The number of thiazole rings is 1. The van der Waals surface area contributed by atoms with E-state index in [2.05, 4.69) is 23.3 Å². The number of anilines is 1. The van der Waals surface area contributed by atoms with Crippen LogP contribution in [0.15, 0.2) is 30.5 Å². The second-order valence-electron chi connectivity index (χ2n) is 3.96. The van der Waals surface area contributed by atoms with E-state index < -0.39 is 0 Å². The number of hydrogen-bond acceptors (Lipinski definition) is 4. The zero-order valence-corrected chi connectivity index (χ0v) is 11.1. The number of nitrogens with one attached hydrogen (secondary N) is 1. The molecule has 2 rings (SSSR count). The zero-order chi connectivity index (χ0) is 12.8. The van der Waals surface area contributed by atoms with Crippen molar-refractivity contribution in [1.82, 2.24) is 4.98 Å². The highest BCUT2D eigenvalue weighted by atomic mass is 32.1. The van der Waals surface area contributed by atoms with Crippen molar-refractivity contribution in [3.05, 3.63) is 45.9 Å². The molecule has 0 spiro atoms. The first-order valence-electron chi connectivity index (χ1n) is 5.95. The average molecular weight is 257 g/mol. The lowest BCUT2D eigenvalue weighted by atomic mass is 10.1. The van der Waals surface area contributed by atoms with Crippen molar-refractivity contribution in [2.75, 3.05) is 5.32 Å². The molecule has 0 aliphatic rings. The summed E-state index contributed by atoms with van der Waals surface area (Å²) in [6, 6.07) is 10.1. The van der Waals surface area contributed by atoms with Crippen LogP contribution >= 0.6 is 11.3 Å². The highest BCUT2D eigenvalue weighted by Crippen LogP contribution is 2.16. The number of nitriles is 1. The van der Waals surface area contributed by atoms with Crippen LogP contribution in [0, 0.1) is 11.3 Å². The van der Waals surface area contributed by atoms with Crippen molar-refractivity contribution in [3.8, 4) is 6.07 Å². The van der Waals surface area contributed by atoms with Gasteiger partial charge in [-0.2, -0.15) is 5.26 Å². The van der Waals surface area contributed by atoms with Gasteiger partial charge < -0.3 is 5.32 Å². The average Bonchev–Trinajstić information content (AvgIpc) is 2.86. The highest BCUT2D eigenvalue weighted by Gasteiger charge is 2.00. The van der Waals surface area contributed by atoms with Gasteiger partial charge in [0.25, 0.3) is 0 Å². The Morgan fingerprint density at radius 1 is 1.33 bits per heavy atom. The molecule has 0 radical (unpaired) electrons. The van der Waals surface area contributed by atoms with Crippen LogP contribution in [0.25, 0.3) is 0 Å². The first kappa shape index (κ1) is 12.6. The largest absolute Gasteiger partial charge is 0.380 e. The molecule has 0 aliphatic carbocycles. The van der Waals surface area contributed by atoms with Gasteiger partial charge in [-0.15, -0.1) is 11.3 Å². The van der Waals surface area contributed by atoms with Gasteiger partial charge in [-0.3, -0.25) is 0 Å². The van der Waals surface area contributed by atoms with Crippen LogP contribution in [0.5, 0.6) is 0 Å². The van der Waals surface area contributed by atoms with Gasteiger partial charge >= 0.3 is 0 Å². The molecule has 0 amide bonds. The number of aryl methyl sites for hydroxylation is 1. The molecule has 1 aromatic heterocycles. The lowest BCUT2D eigenvalue weighted by Gasteiger charge is -2.04. The van der Waals surface area contributed by atoms with E-state index in [-0.39, 0.29) is 0 Å². The summed E-state index contributed by atoms with van der Waals surface area (Å²) in [6.07, 6.45) is 3.39. The molecule has 0 saturated heterocycles. The molecule has 18 heavy (non-hydrogen) atoms. The summed E-state index contributed by atoms with van der Waals surface area (Å²) in [5.74, 6) is 0. The van der Waals surface area contributed by atoms with Crippen LogP contribution in [0.1, 0.15) is 22.4 Å². The van der Waals surface area contributed by atoms with Gasteiger partial charge in [-0.1, -0.05) is 19.1 Å². The van der Waals surface area contributed by atoms with E-state index in [4.69, 9.17) is 5.26 Å². The molecule has 4 heteroatoms. The Morgan fingerprint density at radius 2 is 2.11 bits per heavy atom. The van der Waals surface area contributed by atoms with Crippen molar-refractivity contribution in [2.24, 2.45) is 0 Å². The van der Waals surface area contributed by atoms with Gasteiger partial charge in [0, 0.05) is 16.8 Å². The summed E-state index contributed by atoms with van der Waals surface area (Å²) in [5, 5.41) is 13.1. The fourth-order valence-corrected chi connectivity index (χ4v) is 2.42. The number of aromatic nitrogens is 1. The minimum absolute atomic E-state index is 0.467. The maximum absolute atomic E-state index is 8.60.